The van der Waals surface area contributed by atoms with Gasteiger partial charge in [0, 0.05) is 32.2 Å². The lowest BCUT2D eigenvalue weighted by atomic mass is 9.92. The summed E-state index contributed by atoms with van der Waals surface area (Å²) in [6, 6.07) is 7.54. The molecule has 134 valence electrons. The summed E-state index contributed by atoms with van der Waals surface area (Å²) >= 11 is 0. The van der Waals surface area contributed by atoms with Crippen molar-refractivity contribution in [2.45, 2.75) is 37.5 Å². The maximum atomic E-state index is 13.0. The van der Waals surface area contributed by atoms with Crippen LogP contribution in [0.25, 0.3) is 0 Å². The van der Waals surface area contributed by atoms with Crippen molar-refractivity contribution in [3.8, 4) is 0 Å². The molecule has 1 aromatic heterocycles. The highest BCUT2D eigenvalue weighted by Crippen LogP contribution is 2.26. The van der Waals surface area contributed by atoms with Crippen LogP contribution < -0.4 is 4.90 Å². The maximum absolute atomic E-state index is 13.0. The van der Waals surface area contributed by atoms with Gasteiger partial charge < -0.3 is 9.42 Å². The summed E-state index contributed by atoms with van der Waals surface area (Å²) in [5.74, 6) is 1.54. The number of benzene rings is 1. The van der Waals surface area contributed by atoms with E-state index in [1.54, 1.807) is 10.4 Å². The molecule has 0 saturated carbocycles. The van der Waals surface area contributed by atoms with E-state index in [1.165, 1.54) is 17.5 Å². The molecule has 2 aromatic rings. The van der Waals surface area contributed by atoms with Gasteiger partial charge in [-0.3, -0.25) is 0 Å². The molecule has 2 aliphatic rings. The van der Waals surface area contributed by atoms with Crippen LogP contribution in [0, 0.1) is 6.92 Å². The molecule has 0 bridgehead atoms. The predicted molar refractivity (Wildman–Crippen MR) is 95.3 cm³/mol. The van der Waals surface area contributed by atoms with Gasteiger partial charge >= 0.3 is 0 Å². The SMILES string of the molecule is Cc1cc(N2CCN(S(=O)(=O)c3ccc4c(c3)CCCC4)CC2)no1. The summed E-state index contributed by atoms with van der Waals surface area (Å²) in [5, 5.41) is 4.02. The monoisotopic (exact) mass is 361 g/mol. The zero-order valence-electron chi connectivity index (χ0n) is 14.4. The first kappa shape index (κ1) is 16.6. The van der Waals surface area contributed by atoms with Crippen molar-refractivity contribution < 1.29 is 12.9 Å². The molecule has 25 heavy (non-hydrogen) atoms. The average molecular weight is 361 g/mol. The van der Waals surface area contributed by atoms with E-state index in [-0.39, 0.29) is 0 Å². The van der Waals surface area contributed by atoms with E-state index in [1.807, 2.05) is 25.1 Å². The molecule has 0 spiro atoms. The Morgan fingerprint density at radius 3 is 2.40 bits per heavy atom. The molecule has 1 aromatic carbocycles. The van der Waals surface area contributed by atoms with E-state index < -0.39 is 10.0 Å². The fourth-order valence-electron chi connectivity index (χ4n) is 3.68. The molecule has 2 heterocycles. The normalized spacial score (nSPS) is 19.0. The van der Waals surface area contributed by atoms with Gasteiger partial charge in [-0.1, -0.05) is 11.2 Å². The Hall–Kier alpha value is -1.86. The standard InChI is InChI=1S/C18H23N3O3S/c1-14-12-18(19-24-14)20-8-10-21(11-9-20)25(22,23)17-7-6-15-4-2-3-5-16(15)13-17/h6-7,12-13H,2-5,8-11H2,1H3. The van der Waals surface area contributed by atoms with E-state index in [2.05, 4.69) is 10.1 Å². The van der Waals surface area contributed by atoms with Crippen LogP contribution in [0.1, 0.15) is 29.7 Å². The van der Waals surface area contributed by atoms with Crippen LogP contribution in [-0.4, -0.2) is 44.1 Å². The largest absolute Gasteiger partial charge is 0.360 e. The van der Waals surface area contributed by atoms with Gasteiger partial charge in [0.25, 0.3) is 0 Å². The van der Waals surface area contributed by atoms with Crippen molar-refractivity contribution in [1.29, 1.82) is 0 Å². The number of hydrogen-bond donors (Lipinski definition) is 0. The molecule has 0 unspecified atom stereocenters. The molecule has 4 rings (SSSR count). The summed E-state index contributed by atoms with van der Waals surface area (Å²) in [5.41, 5.74) is 2.50. The molecule has 0 atom stereocenters. The first-order valence-electron chi connectivity index (χ1n) is 8.84. The third-order valence-electron chi connectivity index (χ3n) is 5.14. The highest BCUT2D eigenvalue weighted by molar-refractivity contribution is 7.89. The number of piperazine rings is 1. The number of nitrogens with zero attached hydrogens (tertiary/aromatic N) is 3. The molecule has 1 fully saturated rings. The third kappa shape index (κ3) is 3.18. The lowest BCUT2D eigenvalue weighted by Crippen LogP contribution is -2.48. The van der Waals surface area contributed by atoms with Gasteiger partial charge in [-0.25, -0.2) is 8.42 Å². The van der Waals surface area contributed by atoms with E-state index in [0.717, 1.165) is 30.8 Å². The van der Waals surface area contributed by atoms with Crippen molar-refractivity contribution in [3.63, 3.8) is 0 Å². The number of sulfonamides is 1. The van der Waals surface area contributed by atoms with E-state index >= 15 is 0 Å². The van der Waals surface area contributed by atoms with Crippen LogP contribution in [0.2, 0.25) is 0 Å². The van der Waals surface area contributed by atoms with Crippen molar-refractivity contribution >= 4 is 15.8 Å². The van der Waals surface area contributed by atoms with Crippen LogP contribution in [-0.2, 0) is 22.9 Å². The lowest BCUT2D eigenvalue weighted by molar-refractivity contribution is 0.371. The van der Waals surface area contributed by atoms with Gasteiger partial charge in [0.05, 0.1) is 4.90 Å². The number of anilines is 1. The van der Waals surface area contributed by atoms with E-state index in [4.69, 9.17) is 4.52 Å². The second-order valence-electron chi connectivity index (χ2n) is 6.82. The molecular formula is C18H23N3O3S. The molecular weight excluding hydrogens is 338 g/mol. The zero-order chi connectivity index (χ0) is 17.4. The minimum absolute atomic E-state index is 0.430. The molecule has 1 aliphatic heterocycles. The Bertz CT molecular complexity index is 867. The number of aryl methyl sites for hydroxylation is 3. The minimum Gasteiger partial charge on any atom is -0.360 e. The molecule has 1 aliphatic carbocycles. The van der Waals surface area contributed by atoms with E-state index in [0.29, 0.717) is 31.1 Å². The van der Waals surface area contributed by atoms with Crippen LogP contribution in [0.15, 0.2) is 33.7 Å². The molecule has 1 saturated heterocycles. The Labute approximate surface area is 148 Å². The second-order valence-corrected chi connectivity index (χ2v) is 8.76. The zero-order valence-corrected chi connectivity index (χ0v) is 15.3. The second kappa shape index (κ2) is 6.46. The van der Waals surface area contributed by atoms with Gasteiger partial charge in [0.1, 0.15) is 5.76 Å². The fourth-order valence-corrected chi connectivity index (χ4v) is 5.15. The van der Waals surface area contributed by atoms with Gasteiger partial charge in [-0.2, -0.15) is 4.31 Å². The van der Waals surface area contributed by atoms with Crippen LogP contribution in [0.5, 0.6) is 0 Å². The van der Waals surface area contributed by atoms with Crippen LogP contribution in [0.3, 0.4) is 0 Å². The Morgan fingerprint density at radius 2 is 1.72 bits per heavy atom. The highest BCUT2D eigenvalue weighted by atomic mass is 32.2. The molecule has 0 amide bonds. The number of rotatable bonds is 3. The summed E-state index contributed by atoms with van der Waals surface area (Å²) in [6.45, 7) is 4.02. The number of aromatic nitrogens is 1. The summed E-state index contributed by atoms with van der Waals surface area (Å²) < 4.78 is 32.7. The summed E-state index contributed by atoms with van der Waals surface area (Å²) in [6.07, 6.45) is 4.39. The summed E-state index contributed by atoms with van der Waals surface area (Å²) in [4.78, 5) is 2.49. The third-order valence-corrected chi connectivity index (χ3v) is 7.03. The topological polar surface area (TPSA) is 66.7 Å². The first-order valence-corrected chi connectivity index (χ1v) is 10.3. The Kier molecular flexibility index (Phi) is 4.29. The van der Waals surface area contributed by atoms with Gasteiger partial charge in [0.15, 0.2) is 5.82 Å². The van der Waals surface area contributed by atoms with Crippen molar-refractivity contribution in [3.05, 3.63) is 41.2 Å². The average Bonchev–Trinajstić information content (AvgIpc) is 3.08. The number of hydrogen-bond acceptors (Lipinski definition) is 5. The quantitative estimate of drug-likeness (QED) is 0.840. The van der Waals surface area contributed by atoms with Crippen molar-refractivity contribution in [2.24, 2.45) is 0 Å². The Balaban J connectivity index is 1.50. The van der Waals surface area contributed by atoms with Crippen LogP contribution >= 0.6 is 0 Å². The van der Waals surface area contributed by atoms with Gasteiger partial charge in [-0.15, -0.1) is 0 Å². The fraction of sp³-hybridized carbons (Fsp3) is 0.500. The van der Waals surface area contributed by atoms with Gasteiger partial charge in [-0.05, 0) is 55.9 Å². The van der Waals surface area contributed by atoms with E-state index in [9.17, 15) is 8.42 Å². The molecule has 0 N–H and O–H groups in total. The smallest absolute Gasteiger partial charge is 0.243 e. The lowest BCUT2D eigenvalue weighted by Gasteiger charge is -2.34. The van der Waals surface area contributed by atoms with Gasteiger partial charge in [0.2, 0.25) is 10.0 Å². The molecule has 7 heteroatoms. The number of fused-ring (bicyclic) bond motifs is 1. The van der Waals surface area contributed by atoms with Crippen LogP contribution in [0.4, 0.5) is 5.82 Å². The highest BCUT2D eigenvalue weighted by Gasteiger charge is 2.30. The van der Waals surface area contributed by atoms with Crippen molar-refractivity contribution in [2.75, 3.05) is 31.1 Å². The maximum Gasteiger partial charge on any atom is 0.243 e. The minimum atomic E-state index is -3.43. The Morgan fingerprint density at radius 1 is 1.00 bits per heavy atom. The molecule has 6 nitrogen and oxygen atoms in total. The van der Waals surface area contributed by atoms with Crippen molar-refractivity contribution in [1.82, 2.24) is 9.46 Å². The predicted octanol–water partition coefficient (Wildman–Crippen LogP) is 2.37. The summed E-state index contributed by atoms with van der Waals surface area (Å²) in [7, 11) is -3.43. The molecule has 0 radical (unpaired) electrons. The first-order chi connectivity index (χ1) is 12.0.